The first-order valence-electron chi connectivity index (χ1n) is 6.61. The molecule has 6 nitrogen and oxygen atoms in total. The zero-order valence-corrected chi connectivity index (χ0v) is 11.4. The predicted octanol–water partition coefficient (Wildman–Crippen LogP) is -0.296. The van der Waals surface area contributed by atoms with Crippen LogP contribution in [0.15, 0.2) is 48.4 Å². The standard InChI is InChI=1S/C15H11BN2O4/c19-13-6-10(15(20)12-7-17-8-18-14(12)13)4-9-2-1-3-11(5-9)16(21)22/h1-3,5-8,21-22H,4H2. The van der Waals surface area contributed by atoms with Crippen LogP contribution < -0.4 is 5.46 Å². The second kappa shape index (κ2) is 5.63. The molecule has 1 aliphatic rings. The SMILES string of the molecule is O=C1C(Cc2cccc(B(O)O)c2)=CC(=O)c2ncncc21. The summed E-state index contributed by atoms with van der Waals surface area (Å²) in [4.78, 5) is 32.0. The van der Waals surface area contributed by atoms with Crippen LogP contribution in [0.5, 0.6) is 0 Å². The third-order valence-electron chi connectivity index (χ3n) is 3.43. The number of carbonyl (C=O) groups is 2. The van der Waals surface area contributed by atoms with Gasteiger partial charge in [0.05, 0.1) is 5.56 Å². The van der Waals surface area contributed by atoms with Gasteiger partial charge in [-0.1, -0.05) is 24.3 Å². The minimum atomic E-state index is -1.58. The average molecular weight is 294 g/mol. The van der Waals surface area contributed by atoms with Gasteiger partial charge in [0.25, 0.3) is 0 Å². The Morgan fingerprint density at radius 1 is 1.18 bits per heavy atom. The summed E-state index contributed by atoms with van der Waals surface area (Å²) in [7, 11) is -1.58. The molecule has 0 radical (unpaired) electrons. The third kappa shape index (κ3) is 2.59. The fraction of sp³-hybridized carbons (Fsp3) is 0.0667. The fourth-order valence-electron chi connectivity index (χ4n) is 2.37. The molecule has 0 spiro atoms. The van der Waals surface area contributed by atoms with Crippen molar-refractivity contribution in [1.82, 2.24) is 9.97 Å². The lowest BCUT2D eigenvalue weighted by Gasteiger charge is -2.14. The van der Waals surface area contributed by atoms with E-state index < -0.39 is 7.12 Å². The van der Waals surface area contributed by atoms with Crippen molar-refractivity contribution in [2.45, 2.75) is 6.42 Å². The van der Waals surface area contributed by atoms with Gasteiger partial charge in [-0.3, -0.25) is 9.59 Å². The summed E-state index contributed by atoms with van der Waals surface area (Å²) in [5.41, 5.74) is 1.68. The maximum absolute atomic E-state index is 12.4. The molecule has 0 saturated heterocycles. The Morgan fingerprint density at radius 2 is 2.00 bits per heavy atom. The van der Waals surface area contributed by atoms with Gasteiger partial charge in [0.2, 0.25) is 5.78 Å². The molecule has 2 N–H and O–H groups in total. The van der Waals surface area contributed by atoms with Crippen molar-refractivity contribution in [1.29, 1.82) is 0 Å². The summed E-state index contributed by atoms with van der Waals surface area (Å²) in [6.07, 6.45) is 4.07. The highest BCUT2D eigenvalue weighted by Crippen LogP contribution is 2.21. The number of allylic oxidation sites excluding steroid dienone is 2. The molecule has 7 heteroatoms. The zero-order valence-electron chi connectivity index (χ0n) is 11.4. The van der Waals surface area contributed by atoms with Gasteiger partial charge in [0.15, 0.2) is 5.78 Å². The van der Waals surface area contributed by atoms with Crippen LogP contribution in [0.3, 0.4) is 0 Å². The smallest absolute Gasteiger partial charge is 0.423 e. The highest BCUT2D eigenvalue weighted by atomic mass is 16.4. The van der Waals surface area contributed by atoms with Crippen LogP contribution in [0.4, 0.5) is 0 Å². The molecular formula is C15H11BN2O4. The van der Waals surface area contributed by atoms with Crippen molar-refractivity contribution < 1.29 is 19.6 Å². The van der Waals surface area contributed by atoms with Crippen molar-refractivity contribution in [2.24, 2.45) is 0 Å². The normalized spacial score (nSPS) is 13.6. The molecule has 0 saturated carbocycles. The van der Waals surface area contributed by atoms with Crippen molar-refractivity contribution in [3.63, 3.8) is 0 Å². The number of nitrogens with zero attached hydrogens (tertiary/aromatic N) is 2. The van der Waals surface area contributed by atoms with Gasteiger partial charge in [-0.2, -0.15) is 0 Å². The molecule has 0 amide bonds. The molecule has 108 valence electrons. The first-order valence-corrected chi connectivity index (χ1v) is 6.61. The second-order valence-corrected chi connectivity index (χ2v) is 4.94. The number of fused-ring (bicyclic) bond motifs is 1. The van der Waals surface area contributed by atoms with Crippen LogP contribution in [0, 0.1) is 0 Å². The number of carbonyl (C=O) groups excluding carboxylic acids is 2. The Kier molecular flexibility index (Phi) is 3.66. The van der Waals surface area contributed by atoms with Crippen molar-refractivity contribution in [2.75, 3.05) is 0 Å². The second-order valence-electron chi connectivity index (χ2n) is 4.94. The summed E-state index contributed by atoms with van der Waals surface area (Å²) in [5, 5.41) is 18.4. The molecule has 22 heavy (non-hydrogen) atoms. The van der Waals surface area contributed by atoms with E-state index in [0.717, 1.165) is 0 Å². The lowest BCUT2D eigenvalue weighted by molar-refractivity contribution is 0.0978. The Labute approximate surface area is 126 Å². The highest BCUT2D eigenvalue weighted by molar-refractivity contribution is 6.58. The quantitative estimate of drug-likeness (QED) is 0.754. The number of hydrogen-bond donors (Lipinski definition) is 2. The molecule has 0 fully saturated rings. The molecule has 0 aliphatic heterocycles. The van der Waals surface area contributed by atoms with Gasteiger partial charge >= 0.3 is 7.12 Å². The first-order chi connectivity index (χ1) is 10.6. The van der Waals surface area contributed by atoms with Crippen molar-refractivity contribution in [3.05, 3.63) is 65.3 Å². The van der Waals surface area contributed by atoms with Crippen LogP contribution >= 0.6 is 0 Å². The van der Waals surface area contributed by atoms with E-state index in [9.17, 15) is 19.6 Å². The van der Waals surface area contributed by atoms with Crippen LogP contribution in [0.2, 0.25) is 0 Å². The van der Waals surface area contributed by atoms with Crippen LogP contribution in [0.25, 0.3) is 0 Å². The Balaban J connectivity index is 1.92. The summed E-state index contributed by atoms with van der Waals surface area (Å²) in [5.74, 6) is -0.615. The lowest BCUT2D eigenvalue weighted by Crippen LogP contribution is -2.30. The van der Waals surface area contributed by atoms with E-state index in [1.807, 2.05) is 0 Å². The number of ketones is 2. The molecule has 0 bridgehead atoms. The number of Topliss-reactive ketones (excluding diaryl/α,β-unsaturated/α-hetero) is 1. The van der Waals surface area contributed by atoms with Crippen LogP contribution in [-0.2, 0) is 6.42 Å². The van der Waals surface area contributed by atoms with Crippen molar-refractivity contribution >= 4 is 24.1 Å². The van der Waals surface area contributed by atoms with Crippen molar-refractivity contribution in [3.8, 4) is 0 Å². The fourth-order valence-corrected chi connectivity index (χ4v) is 2.37. The highest BCUT2D eigenvalue weighted by Gasteiger charge is 2.27. The number of benzene rings is 1. The maximum atomic E-state index is 12.4. The maximum Gasteiger partial charge on any atom is 0.488 e. The van der Waals surface area contributed by atoms with Gasteiger partial charge < -0.3 is 10.0 Å². The van der Waals surface area contributed by atoms with Gasteiger partial charge in [0.1, 0.15) is 12.0 Å². The third-order valence-corrected chi connectivity index (χ3v) is 3.43. The summed E-state index contributed by atoms with van der Waals surface area (Å²) in [6, 6.07) is 6.57. The monoisotopic (exact) mass is 294 g/mol. The van der Waals surface area contributed by atoms with Gasteiger partial charge in [-0.15, -0.1) is 0 Å². The largest absolute Gasteiger partial charge is 0.488 e. The average Bonchev–Trinajstić information content (AvgIpc) is 2.52. The number of hydrogen-bond acceptors (Lipinski definition) is 6. The van der Waals surface area contributed by atoms with E-state index in [2.05, 4.69) is 9.97 Å². The Bertz CT molecular complexity index is 802. The topological polar surface area (TPSA) is 100 Å². The Morgan fingerprint density at radius 3 is 2.77 bits per heavy atom. The molecule has 2 aromatic rings. The molecule has 1 heterocycles. The van der Waals surface area contributed by atoms with Gasteiger partial charge in [0, 0.05) is 18.2 Å². The molecule has 1 aliphatic carbocycles. The van der Waals surface area contributed by atoms with E-state index in [0.29, 0.717) is 16.6 Å². The van der Waals surface area contributed by atoms with Gasteiger partial charge in [-0.25, -0.2) is 9.97 Å². The lowest BCUT2D eigenvalue weighted by atomic mass is 9.79. The van der Waals surface area contributed by atoms with E-state index >= 15 is 0 Å². The molecule has 1 aromatic carbocycles. The summed E-state index contributed by atoms with van der Waals surface area (Å²) < 4.78 is 0. The number of rotatable bonds is 3. The van der Waals surface area contributed by atoms with E-state index in [-0.39, 0.29) is 29.2 Å². The minimum absolute atomic E-state index is 0.114. The first kappa shape index (κ1) is 14.3. The number of aromatic nitrogens is 2. The summed E-state index contributed by atoms with van der Waals surface area (Å²) in [6.45, 7) is 0. The van der Waals surface area contributed by atoms with E-state index in [4.69, 9.17) is 0 Å². The zero-order chi connectivity index (χ0) is 15.7. The molecule has 0 atom stereocenters. The molecule has 3 rings (SSSR count). The van der Waals surface area contributed by atoms with Crippen LogP contribution in [0.1, 0.15) is 26.4 Å². The minimum Gasteiger partial charge on any atom is -0.423 e. The molecular weight excluding hydrogens is 283 g/mol. The van der Waals surface area contributed by atoms with E-state index in [1.54, 1.807) is 24.3 Å². The molecule has 0 unspecified atom stereocenters. The van der Waals surface area contributed by atoms with E-state index in [1.165, 1.54) is 18.6 Å². The summed E-state index contributed by atoms with van der Waals surface area (Å²) >= 11 is 0. The van der Waals surface area contributed by atoms with Crippen LogP contribution in [-0.4, -0.2) is 38.7 Å². The van der Waals surface area contributed by atoms with Gasteiger partial charge in [-0.05, 0) is 17.1 Å². The Hall–Kier alpha value is -2.64. The molecule has 1 aromatic heterocycles. The predicted molar refractivity (Wildman–Crippen MR) is 78.7 cm³/mol.